The number of carbonyl (C=O) groups is 1. The third-order valence-electron chi connectivity index (χ3n) is 9.06. The number of aromatic amines is 1. The van der Waals surface area contributed by atoms with Crippen LogP contribution in [0, 0.1) is 5.92 Å². The first kappa shape index (κ1) is 22.4. The third kappa shape index (κ3) is 2.99. The highest BCUT2D eigenvalue weighted by molar-refractivity contribution is 5.94. The van der Waals surface area contributed by atoms with Crippen molar-refractivity contribution in [3.63, 3.8) is 0 Å². The lowest BCUT2D eigenvalue weighted by atomic mass is 9.58. The standard InChI is InChI=1S/C29H33N3O3/c1-4-6-17(7-5-2)14-30-26(34)20-10-18-11-23-25-29(16-32(25)3)15-28(23,13-24(18)31-27(20)35)22-12-19(33)8-9-21(22)29/h4,6-10,12,23,25,33H,5,11,13-16H2,1-3H3,(H,30,34)(H,31,35)/b6-4-,17-7+. The van der Waals surface area contributed by atoms with Crippen molar-refractivity contribution in [2.45, 2.75) is 56.4 Å². The predicted octanol–water partition coefficient (Wildman–Crippen LogP) is 3.34. The summed E-state index contributed by atoms with van der Waals surface area (Å²) in [6, 6.07) is 8.19. The van der Waals surface area contributed by atoms with Gasteiger partial charge in [0.2, 0.25) is 0 Å². The van der Waals surface area contributed by atoms with E-state index in [1.54, 1.807) is 0 Å². The Balaban J connectivity index is 1.34. The van der Waals surface area contributed by atoms with Gasteiger partial charge in [-0.2, -0.15) is 0 Å². The molecule has 1 amide bonds. The molecule has 1 saturated heterocycles. The number of aromatic hydroxyl groups is 1. The fraction of sp³-hybridized carbons (Fsp3) is 0.448. The zero-order valence-corrected chi connectivity index (χ0v) is 20.6. The van der Waals surface area contributed by atoms with Gasteiger partial charge in [-0.3, -0.25) is 9.59 Å². The maximum absolute atomic E-state index is 13.0. The Morgan fingerprint density at radius 2 is 2.11 bits per heavy atom. The number of carbonyl (C=O) groups excluding carboxylic acids is 1. The summed E-state index contributed by atoms with van der Waals surface area (Å²) in [4.78, 5) is 31.6. The van der Waals surface area contributed by atoms with Gasteiger partial charge in [-0.15, -0.1) is 0 Å². The van der Waals surface area contributed by atoms with Crippen molar-refractivity contribution in [1.82, 2.24) is 15.2 Å². The molecule has 4 atom stereocenters. The molecule has 1 aromatic heterocycles. The Hall–Kier alpha value is -3.12. The van der Waals surface area contributed by atoms with E-state index in [1.165, 1.54) is 11.1 Å². The second-order valence-corrected chi connectivity index (χ2v) is 11.0. The van der Waals surface area contributed by atoms with Crippen molar-refractivity contribution in [3.8, 4) is 5.75 Å². The smallest absolute Gasteiger partial charge is 0.261 e. The molecule has 2 aromatic rings. The molecule has 6 heteroatoms. The monoisotopic (exact) mass is 471 g/mol. The van der Waals surface area contributed by atoms with Crippen molar-refractivity contribution in [1.29, 1.82) is 0 Å². The number of rotatable bonds is 5. The lowest BCUT2D eigenvalue weighted by Crippen LogP contribution is -2.66. The van der Waals surface area contributed by atoms with Gasteiger partial charge in [0, 0.05) is 35.7 Å². The van der Waals surface area contributed by atoms with Crippen LogP contribution in [0.1, 0.15) is 59.4 Å². The van der Waals surface area contributed by atoms with Gasteiger partial charge >= 0.3 is 0 Å². The number of pyridine rings is 1. The van der Waals surface area contributed by atoms with Gasteiger partial charge in [0.15, 0.2) is 0 Å². The lowest BCUT2D eigenvalue weighted by molar-refractivity contribution is -0.00144. The van der Waals surface area contributed by atoms with Crippen molar-refractivity contribution in [2.75, 3.05) is 20.1 Å². The molecule has 2 heterocycles. The van der Waals surface area contributed by atoms with E-state index in [1.807, 2.05) is 37.3 Å². The van der Waals surface area contributed by atoms with Crippen LogP contribution in [0.5, 0.6) is 5.75 Å². The summed E-state index contributed by atoms with van der Waals surface area (Å²) in [5.74, 6) is 0.380. The average Bonchev–Trinajstić information content (AvgIpc) is 3.22. The summed E-state index contributed by atoms with van der Waals surface area (Å²) >= 11 is 0. The zero-order chi connectivity index (χ0) is 24.5. The van der Waals surface area contributed by atoms with E-state index >= 15 is 0 Å². The van der Waals surface area contributed by atoms with Crippen LogP contribution in [-0.4, -0.2) is 47.1 Å². The Labute approximate surface area is 205 Å². The van der Waals surface area contributed by atoms with Crippen LogP contribution in [0.3, 0.4) is 0 Å². The summed E-state index contributed by atoms with van der Waals surface area (Å²) in [5.41, 5.74) is 5.62. The van der Waals surface area contributed by atoms with E-state index in [0.717, 1.165) is 49.1 Å². The fourth-order valence-electron chi connectivity index (χ4n) is 8.03. The first-order valence-electron chi connectivity index (χ1n) is 12.7. The summed E-state index contributed by atoms with van der Waals surface area (Å²) in [5, 5.41) is 13.2. The van der Waals surface area contributed by atoms with Crippen LogP contribution in [-0.2, 0) is 23.7 Å². The number of hydrogen-bond donors (Lipinski definition) is 3. The molecule has 2 spiro atoms. The van der Waals surface area contributed by atoms with Crippen molar-refractivity contribution in [2.24, 2.45) is 5.92 Å². The van der Waals surface area contributed by atoms with Crippen LogP contribution >= 0.6 is 0 Å². The van der Waals surface area contributed by atoms with Crippen LogP contribution < -0.4 is 10.9 Å². The molecule has 1 aliphatic heterocycles. The van der Waals surface area contributed by atoms with Gasteiger partial charge in [0.1, 0.15) is 11.3 Å². The number of H-pyrrole nitrogens is 1. The molecule has 1 aromatic carbocycles. The fourth-order valence-corrected chi connectivity index (χ4v) is 8.03. The largest absolute Gasteiger partial charge is 0.508 e. The second-order valence-electron chi connectivity index (χ2n) is 11.0. The molecule has 182 valence electrons. The van der Waals surface area contributed by atoms with E-state index in [2.05, 4.69) is 41.3 Å². The highest BCUT2D eigenvalue weighted by Crippen LogP contribution is 2.71. The molecule has 2 fully saturated rings. The highest BCUT2D eigenvalue weighted by Gasteiger charge is 2.73. The first-order chi connectivity index (χ1) is 16.8. The van der Waals surface area contributed by atoms with E-state index in [4.69, 9.17) is 0 Å². The topological polar surface area (TPSA) is 85.4 Å². The quantitative estimate of drug-likeness (QED) is 0.584. The molecule has 6 nitrogen and oxygen atoms in total. The predicted molar refractivity (Wildman–Crippen MR) is 136 cm³/mol. The van der Waals surface area contributed by atoms with Crippen LogP contribution in [0.2, 0.25) is 0 Å². The molecule has 6 rings (SSSR count). The number of nitrogens with zero attached hydrogens (tertiary/aromatic N) is 1. The highest BCUT2D eigenvalue weighted by atomic mass is 16.3. The Morgan fingerprint density at radius 3 is 2.86 bits per heavy atom. The SMILES string of the molecule is C/C=C\C(=C/CC)CNC(=O)c1cc2c([nH]c1=O)CC13CC4(CN(C)C4C1C2)c1ccc(O)cc13. The molecule has 0 radical (unpaired) electrons. The molecular formula is C29H33N3O3. The Kier molecular flexibility index (Phi) is 4.91. The summed E-state index contributed by atoms with van der Waals surface area (Å²) in [6.07, 6.45) is 9.54. The molecule has 4 unspecified atom stereocenters. The number of benzene rings is 1. The minimum Gasteiger partial charge on any atom is -0.508 e. The molecule has 2 bridgehead atoms. The van der Waals surface area contributed by atoms with Crippen molar-refractivity contribution >= 4 is 5.91 Å². The number of phenolic OH excluding ortho intramolecular Hbond substituents is 1. The van der Waals surface area contributed by atoms with Gasteiger partial charge in [0.25, 0.3) is 11.5 Å². The van der Waals surface area contributed by atoms with E-state index in [-0.39, 0.29) is 27.9 Å². The van der Waals surface area contributed by atoms with E-state index in [9.17, 15) is 14.7 Å². The molecule has 3 N–H and O–H groups in total. The summed E-state index contributed by atoms with van der Waals surface area (Å²) in [6.45, 7) is 5.44. The van der Waals surface area contributed by atoms with E-state index in [0.29, 0.717) is 24.3 Å². The second kappa shape index (κ2) is 7.69. The summed E-state index contributed by atoms with van der Waals surface area (Å²) in [7, 11) is 2.21. The van der Waals surface area contributed by atoms with Gasteiger partial charge in [0.05, 0.1) is 0 Å². The number of likely N-dealkylation sites (tertiary alicyclic amines) is 1. The molecule has 4 aliphatic rings. The number of amides is 1. The van der Waals surface area contributed by atoms with Crippen LogP contribution in [0.25, 0.3) is 0 Å². The minimum atomic E-state index is -0.332. The van der Waals surface area contributed by atoms with E-state index < -0.39 is 0 Å². The zero-order valence-electron chi connectivity index (χ0n) is 20.6. The number of likely N-dealkylation sites (N-methyl/N-ethyl adjacent to an activating group) is 1. The molecular weight excluding hydrogens is 438 g/mol. The maximum atomic E-state index is 13.0. The number of fused-ring (bicyclic) bond motifs is 3. The first-order valence-corrected chi connectivity index (χ1v) is 12.7. The van der Waals surface area contributed by atoms with Gasteiger partial charge in [-0.1, -0.05) is 31.2 Å². The van der Waals surface area contributed by atoms with Gasteiger partial charge in [-0.05, 0) is 86.0 Å². The van der Waals surface area contributed by atoms with Gasteiger partial charge in [-0.25, -0.2) is 0 Å². The maximum Gasteiger partial charge on any atom is 0.261 e. The molecule has 35 heavy (non-hydrogen) atoms. The average molecular weight is 472 g/mol. The van der Waals surface area contributed by atoms with Gasteiger partial charge < -0.3 is 20.3 Å². The molecule has 1 saturated carbocycles. The van der Waals surface area contributed by atoms with Crippen LogP contribution in [0.4, 0.5) is 0 Å². The number of allylic oxidation sites excluding steroid dienone is 2. The minimum absolute atomic E-state index is 0.0739. The third-order valence-corrected chi connectivity index (χ3v) is 9.06. The van der Waals surface area contributed by atoms with Crippen molar-refractivity contribution < 1.29 is 9.90 Å². The summed E-state index contributed by atoms with van der Waals surface area (Å²) < 4.78 is 0. The number of phenols is 1. The van der Waals surface area contributed by atoms with Crippen LogP contribution in [0.15, 0.2) is 52.9 Å². The number of nitrogens with one attached hydrogen (secondary N) is 2. The normalized spacial score (nSPS) is 30.4. The number of aromatic nitrogens is 1. The lowest BCUT2D eigenvalue weighted by Gasteiger charge is -2.58. The van der Waals surface area contributed by atoms with Crippen molar-refractivity contribution in [3.05, 3.63) is 86.4 Å². The Morgan fingerprint density at radius 1 is 1.29 bits per heavy atom. The molecule has 3 aliphatic carbocycles. The Bertz CT molecular complexity index is 1360. The number of hydrogen-bond acceptors (Lipinski definition) is 4.